The molecule has 1 nitrogen and oxygen atoms in total. The molecule has 0 spiro atoms. The molecule has 0 fully saturated rings. The molecule has 0 aromatic heterocycles. The van der Waals surface area contributed by atoms with Gasteiger partial charge in [0.2, 0.25) is 0 Å². The van der Waals surface area contributed by atoms with Crippen LogP contribution in [0.4, 0.5) is 17.1 Å². The van der Waals surface area contributed by atoms with Gasteiger partial charge in [0.25, 0.3) is 0 Å². The number of fused-ring (bicyclic) bond motifs is 7. The van der Waals surface area contributed by atoms with Crippen LogP contribution in [-0.4, -0.2) is 0 Å². The molecule has 0 saturated carbocycles. The molecule has 0 atom stereocenters. The van der Waals surface area contributed by atoms with Crippen LogP contribution in [0.1, 0.15) is 0 Å². The molecule has 0 unspecified atom stereocenters. The Morgan fingerprint density at radius 3 is 1.57 bits per heavy atom. The second-order valence-corrected chi connectivity index (χ2v) is 13.3. The Morgan fingerprint density at radius 1 is 0.275 bits per heavy atom. The van der Waals surface area contributed by atoms with Crippen LogP contribution in [0.15, 0.2) is 200 Å². The zero-order chi connectivity index (χ0) is 33.7. The lowest BCUT2D eigenvalue weighted by Gasteiger charge is -2.31. The largest absolute Gasteiger partial charge is 0.309 e. The second-order valence-electron chi connectivity index (χ2n) is 13.3. The highest BCUT2D eigenvalue weighted by Gasteiger charge is 2.24. The molecule has 10 rings (SSSR count). The van der Waals surface area contributed by atoms with E-state index in [1.807, 2.05) is 0 Å². The highest BCUT2D eigenvalue weighted by molar-refractivity contribution is 6.23. The number of hydrogen-bond acceptors (Lipinski definition) is 1. The van der Waals surface area contributed by atoms with Crippen LogP contribution in [0, 0.1) is 0 Å². The van der Waals surface area contributed by atoms with Crippen LogP contribution in [0.2, 0.25) is 0 Å². The third-order valence-electron chi connectivity index (χ3n) is 10.4. The lowest BCUT2D eigenvalue weighted by molar-refractivity contribution is 1.32. The van der Waals surface area contributed by atoms with Crippen molar-refractivity contribution in [3.8, 4) is 22.3 Å². The first-order valence-electron chi connectivity index (χ1n) is 17.6. The number of benzene rings is 10. The van der Waals surface area contributed by atoms with E-state index < -0.39 is 0 Å². The van der Waals surface area contributed by atoms with E-state index in [-0.39, 0.29) is 0 Å². The summed E-state index contributed by atoms with van der Waals surface area (Å²) in [6.45, 7) is 0. The van der Waals surface area contributed by atoms with E-state index in [0.717, 1.165) is 11.4 Å². The lowest BCUT2D eigenvalue weighted by Crippen LogP contribution is -2.13. The Bertz CT molecular complexity index is 2900. The van der Waals surface area contributed by atoms with Gasteiger partial charge in [0.1, 0.15) is 0 Å². The summed E-state index contributed by atoms with van der Waals surface area (Å²) in [6, 6.07) is 73.1. The van der Waals surface area contributed by atoms with E-state index in [1.165, 1.54) is 81.8 Å². The molecule has 0 N–H and O–H groups in total. The monoisotopic (exact) mass is 647 g/mol. The fourth-order valence-electron chi connectivity index (χ4n) is 8.04. The predicted molar refractivity (Wildman–Crippen MR) is 220 cm³/mol. The molecule has 238 valence electrons. The summed E-state index contributed by atoms with van der Waals surface area (Å²) in [6.07, 6.45) is 0. The molecule has 0 amide bonds. The molecule has 0 heterocycles. The maximum absolute atomic E-state index is 2.50. The van der Waals surface area contributed by atoms with Crippen LogP contribution < -0.4 is 4.90 Å². The molecule has 10 aromatic carbocycles. The molecule has 10 aromatic rings. The van der Waals surface area contributed by atoms with Crippen molar-refractivity contribution in [1.82, 2.24) is 0 Å². The summed E-state index contributed by atoms with van der Waals surface area (Å²) in [5, 5.41) is 12.5. The Morgan fingerprint density at radius 2 is 0.804 bits per heavy atom. The van der Waals surface area contributed by atoms with Crippen molar-refractivity contribution in [2.45, 2.75) is 0 Å². The predicted octanol–water partition coefficient (Wildman–Crippen LogP) is 14.3. The van der Waals surface area contributed by atoms with E-state index in [0.29, 0.717) is 0 Å². The van der Waals surface area contributed by atoms with Gasteiger partial charge in [-0.2, -0.15) is 0 Å². The smallest absolute Gasteiger partial charge is 0.0625 e. The highest BCUT2D eigenvalue weighted by Crippen LogP contribution is 2.50. The summed E-state index contributed by atoms with van der Waals surface area (Å²) in [5.41, 5.74) is 8.26. The maximum Gasteiger partial charge on any atom is 0.0625 e. The summed E-state index contributed by atoms with van der Waals surface area (Å²) >= 11 is 0. The van der Waals surface area contributed by atoms with Crippen LogP contribution in [0.5, 0.6) is 0 Å². The molecular formula is C50H33N. The average molecular weight is 648 g/mol. The van der Waals surface area contributed by atoms with Crippen molar-refractivity contribution >= 4 is 70.9 Å². The van der Waals surface area contributed by atoms with Gasteiger partial charge < -0.3 is 4.90 Å². The van der Waals surface area contributed by atoms with Crippen molar-refractivity contribution in [2.75, 3.05) is 4.90 Å². The van der Waals surface area contributed by atoms with Crippen LogP contribution >= 0.6 is 0 Å². The summed E-state index contributed by atoms with van der Waals surface area (Å²) in [4.78, 5) is 2.50. The van der Waals surface area contributed by atoms with Gasteiger partial charge in [-0.05, 0) is 84.0 Å². The van der Waals surface area contributed by atoms with E-state index in [1.54, 1.807) is 0 Å². The highest BCUT2D eigenvalue weighted by atomic mass is 15.1. The van der Waals surface area contributed by atoms with Crippen molar-refractivity contribution in [3.63, 3.8) is 0 Å². The van der Waals surface area contributed by atoms with E-state index >= 15 is 0 Å². The van der Waals surface area contributed by atoms with Crippen LogP contribution in [0.25, 0.3) is 76.1 Å². The van der Waals surface area contributed by atoms with Gasteiger partial charge in [-0.25, -0.2) is 0 Å². The minimum atomic E-state index is 1.11. The fraction of sp³-hybridized carbons (Fsp3) is 0. The number of rotatable bonds is 5. The van der Waals surface area contributed by atoms with Crippen LogP contribution in [-0.2, 0) is 0 Å². The third kappa shape index (κ3) is 4.86. The van der Waals surface area contributed by atoms with Gasteiger partial charge in [-0.1, -0.05) is 176 Å². The first-order chi connectivity index (χ1) is 25.3. The van der Waals surface area contributed by atoms with Crippen molar-refractivity contribution in [2.24, 2.45) is 0 Å². The van der Waals surface area contributed by atoms with E-state index in [9.17, 15) is 0 Å². The lowest BCUT2D eigenvalue weighted by atomic mass is 9.89. The fourth-order valence-corrected chi connectivity index (χ4v) is 8.04. The summed E-state index contributed by atoms with van der Waals surface area (Å²) < 4.78 is 0. The zero-order valence-electron chi connectivity index (χ0n) is 28.0. The number of anilines is 3. The van der Waals surface area contributed by atoms with Gasteiger partial charge in [-0.3, -0.25) is 0 Å². The summed E-state index contributed by atoms with van der Waals surface area (Å²) in [5.74, 6) is 0. The Hall–Kier alpha value is -6.70. The minimum Gasteiger partial charge on any atom is -0.309 e. The van der Waals surface area contributed by atoms with Crippen molar-refractivity contribution in [1.29, 1.82) is 0 Å². The Balaban J connectivity index is 1.23. The Labute approximate surface area is 297 Å². The normalized spacial score (nSPS) is 11.5. The zero-order valence-corrected chi connectivity index (χ0v) is 28.0. The van der Waals surface area contributed by atoms with Gasteiger partial charge in [-0.15, -0.1) is 0 Å². The molecule has 51 heavy (non-hydrogen) atoms. The standard InChI is InChI=1S/C50H33N/c1-2-15-37(16-3-1)49-46-22-10-8-20-44(46)45-21-9-11-23-47(45)50(49)51(48-24-12-17-35-13-5-7-19-43(35)48)40-30-27-34(28-31-40)38-29-32-42-39(33-38)26-25-36-14-4-6-18-41(36)42/h1-33H. The Kier molecular flexibility index (Phi) is 6.89. The molecule has 0 bridgehead atoms. The van der Waals surface area contributed by atoms with Gasteiger partial charge in [0.05, 0.1) is 11.4 Å². The van der Waals surface area contributed by atoms with E-state index in [2.05, 4.69) is 205 Å². The SMILES string of the molecule is c1ccc(-c2c(N(c3ccc(-c4ccc5c(ccc6ccccc65)c4)cc3)c3cccc4ccccc34)c3ccccc3c3ccccc23)cc1. The first kappa shape index (κ1) is 29.2. The topological polar surface area (TPSA) is 3.24 Å². The molecule has 0 aliphatic carbocycles. The average Bonchev–Trinajstić information content (AvgIpc) is 3.21. The maximum atomic E-state index is 2.50. The van der Waals surface area contributed by atoms with Crippen molar-refractivity contribution < 1.29 is 0 Å². The third-order valence-corrected chi connectivity index (χ3v) is 10.4. The van der Waals surface area contributed by atoms with Gasteiger partial charge in [0, 0.05) is 22.0 Å². The number of hydrogen-bond donors (Lipinski definition) is 0. The quantitative estimate of drug-likeness (QED) is 0.168. The number of nitrogens with zero attached hydrogens (tertiary/aromatic N) is 1. The van der Waals surface area contributed by atoms with E-state index in [4.69, 9.17) is 0 Å². The molecule has 1 heteroatoms. The minimum absolute atomic E-state index is 1.11. The molecule has 0 aliphatic rings. The van der Waals surface area contributed by atoms with Crippen LogP contribution in [0.3, 0.4) is 0 Å². The van der Waals surface area contributed by atoms with Crippen molar-refractivity contribution in [3.05, 3.63) is 200 Å². The molecule has 0 radical (unpaired) electrons. The van der Waals surface area contributed by atoms with Gasteiger partial charge in [0.15, 0.2) is 0 Å². The van der Waals surface area contributed by atoms with Gasteiger partial charge >= 0.3 is 0 Å². The molecule has 0 saturated heterocycles. The molecular weight excluding hydrogens is 615 g/mol. The molecule has 0 aliphatic heterocycles. The summed E-state index contributed by atoms with van der Waals surface area (Å²) in [7, 11) is 0. The first-order valence-corrected chi connectivity index (χ1v) is 17.6. The second kappa shape index (κ2) is 12.0.